The largest absolute Gasteiger partial charge is 0.465 e. The van der Waals surface area contributed by atoms with Crippen molar-refractivity contribution in [3.8, 4) is 0 Å². The van der Waals surface area contributed by atoms with E-state index in [0.717, 1.165) is 5.56 Å². The minimum Gasteiger partial charge on any atom is -0.465 e. The normalized spacial score (nSPS) is 23.7. The third-order valence-electron chi connectivity index (χ3n) is 6.15. The number of fused-ring (bicyclic) bond motifs is 1. The lowest BCUT2D eigenvalue weighted by Gasteiger charge is -2.29. The molecule has 4 rings (SSSR count). The molecule has 0 radical (unpaired) electrons. The number of hydrogen-bond donors (Lipinski definition) is 3. The topological polar surface area (TPSA) is 138 Å². The van der Waals surface area contributed by atoms with Crippen molar-refractivity contribution in [2.75, 3.05) is 31.3 Å². The number of hydrogen-bond acceptors (Lipinski definition) is 10. The van der Waals surface area contributed by atoms with Crippen LogP contribution in [-0.4, -0.2) is 57.6 Å². The first-order valence-corrected chi connectivity index (χ1v) is 15.2. The van der Waals surface area contributed by atoms with E-state index in [1.54, 1.807) is 25.5 Å². The fraction of sp³-hybridized carbons (Fsp3) is 0.500. The number of benzene rings is 1. The Morgan fingerprint density at radius 3 is 2.82 bits per heavy atom. The Labute approximate surface area is 225 Å². The van der Waals surface area contributed by atoms with Gasteiger partial charge in [0.1, 0.15) is 25.3 Å². The Morgan fingerprint density at radius 2 is 2.13 bits per heavy atom. The van der Waals surface area contributed by atoms with E-state index in [-0.39, 0.29) is 24.9 Å². The summed E-state index contributed by atoms with van der Waals surface area (Å²) in [5.74, 6) is -2.29. The Bertz CT molecular complexity index is 1330. The summed E-state index contributed by atoms with van der Waals surface area (Å²) in [6.45, 7) is 5.09. The highest BCUT2D eigenvalue weighted by atomic mass is 32.4. The van der Waals surface area contributed by atoms with E-state index in [4.69, 9.17) is 31.5 Å². The highest BCUT2D eigenvalue weighted by Gasteiger charge is 2.48. The van der Waals surface area contributed by atoms with Crippen molar-refractivity contribution in [3.63, 3.8) is 0 Å². The number of imidazole rings is 1. The quantitative estimate of drug-likeness (QED) is 0.231. The molecule has 14 heteroatoms. The van der Waals surface area contributed by atoms with Gasteiger partial charge in [-0.05, 0) is 31.2 Å². The van der Waals surface area contributed by atoms with Crippen molar-refractivity contribution in [1.29, 1.82) is 0 Å². The number of carbonyl (C=O) groups is 1. The Kier molecular flexibility index (Phi) is 8.63. The highest BCUT2D eigenvalue weighted by Crippen LogP contribution is 2.51. The van der Waals surface area contributed by atoms with E-state index in [1.807, 2.05) is 37.3 Å². The van der Waals surface area contributed by atoms with Gasteiger partial charge in [0, 0.05) is 25.5 Å². The summed E-state index contributed by atoms with van der Waals surface area (Å²) < 4.78 is 34.9. The van der Waals surface area contributed by atoms with Crippen molar-refractivity contribution in [2.45, 2.75) is 51.5 Å². The summed E-state index contributed by atoms with van der Waals surface area (Å²) in [4.78, 5) is 25.1. The third-order valence-corrected chi connectivity index (χ3v) is 9.28. The molecule has 0 bridgehead atoms. The average molecular weight is 566 g/mol. The Morgan fingerprint density at radius 1 is 1.39 bits per heavy atom. The van der Waals surface area contributed by atoms with E-state index >= 15 is 4.39 Å². The minimum absolute atomic E-state index is 0.0604. The first-order valence-electron chi connectivity index (χ1n) is 12.3. The molecule has 0 aliphatic carbocycles. The summed E-state index contributed by atoms with van der Waals surface area (Å²) in [5, 5.41) is 6.06. The van der Waals surface area contributed by atoms with Crippen LogP contribution in [0.1, 0.15) is 39.0 Å². The molecule has 3 heterocycles. The molecule has 1 aromatic carbocycles. The zero-order valence-electron chi connectivity index (χ0n) is 21.8. The smallest absolute Gasteiger partial charge is 0.323 e. The number of carbonyl (C=O) groups excluding carboxylic acids is 1. The van der Waals surface area contributed by atoms with Crippen LogP contribution in [0, 0.1) is 5.92 Å². The van der Waals surface area contributed by atoms with Crippen LogP contribution in [0.2, 0.25) is 0 Å². The van der Waals surface area contributed by atoms with Crippen molar-refractivity contribution in [1.82, 2.24) is 24.6 Å². The average Bonchev–Trinajstić information content (AvgIpc) is 3.43. The highest BCUT2D eigenvalue weighted by molar-refractivity contribution is 8.10. The van der Waals surface area contributed by atoms with E-state index in [0.29, 0.717) is 23.1 Å². The summed E-state index contributed by atoms with van der Waals surface area (Å²) in [7, 11) is 1.70. The van der Waals surface area contributed by atoms with Gasteiger partial charge in [-0.3, -0.25) is 14.4 Å². The predicted octanol–water partition coefficient (Wildman–Crippen LogP) is 3.74. The molecule has 5 atom stereocenters. The van der Waals surface area contributed by atoms with Crippen LogP contribution >= 0.6 is 6.42 Å². The fourth-order valence-electron chi connectivity index (χ4n) is 4.45. The predicted molar refractivity (Wildman–Crippen MR) is 147 cm³/mol. The second-order valence-electron chi connectivity index (χ2n) is 9.27. The number of esters is 1. The van der Waals surface area contributed by atoms with E-state index in [9.17, 15) is 4.79 Å². The van der Waals surface area contributed by atoms with Gasteiger partial charge in [0.15, 0.2) is 17.0 Å². The second kappa shape index (κ2) is 11.6. The standard InChI is InChI=1S/C24H33FN7O4PS/c1-5-34-22(33)16(3)31-37(38,12-17-9-7-6-8-10-17)35-13-24(25)11-15(2)21(36-24)32-14-28-18-19(27-4)29-23(26)30-20(18)32/h6-10,14-16,21H,5,11-13H2,1-4H3,(H,31,38)(H3,26,27,29,30)/t15-,16-,21+,24-,37+/m0/s1. The van der Waals surface area contributed by atoms with Crippen LogP contribution in [0.15, 0.2) is 36.7 Å². The molecule has 38 heavy (non-hydrogen) atoms. The Hall–Kier alpha value is -2.70. The summed E-state index contributed by atoms with van der Waals surface area (Å²) >= 11 is 5.89. The lowest BCUT2D eigenvalue weighted by Crippen LogP contribution is -2.36. The van der Waals surface area contributed by atoms with Crippen molar-refractivity contribution >= 4 is 47.1 Å². The molecule has 0 saturated carbocycles. The molecule has 1 aliphatic heterocycles. The molecule has 2 aromatic heterocycles. The van der Waals surface area contributed by atoms with Crippen LogP contribution < -0.4 is 16.1 Å². The van der Waals surface area contributed by atoms with E-state index in [1.165, 1.54) is 6.33 Å². The van der Waals surface area contributed by atoms with E-state index < -0.39 is 37.1 Å². The molecule has 1 saturated heterocycles. The van der Waals surface area contributed by atoms with Crippen molar-refractivity contribution in [2.24, 2.45) is 5.92 Å². The lowest BCUT2D eigenvalue weighted by molar-refractivity contribution is -0.172. The van der Waals surface area contributed by atoms with Crippen LogP contribution in [0.4, 0.5) is 16.2 Å². The maximum atomic E-state index is 16.1. The molecule has 0 spiro atoms. The monoisotopic (exact) mass is 565 g/mol. The molecule has 11 nitrogen and oxygen atoms in total. The maximum Gasteiger partial charge on any atom is 0.323 e. The molecule has 0 amide bonds. The van der Waals surface area contributed by atoms with Crippen LogP contribution in [0.5, 0.6) is 0 Å². The molecule has 1 fully saturated rings. The van der Waals surface area contributed by atoms with Crippen LogP contribution in [0.25, 0.3) is 11.2 Å². The zero-order valence-corrected chi connectivity index (χ0v) is 23.5. The van der Waals surface area contributed by atoms with E-state index in [2.05, 4.69) is 25.4 Å². The zero-order chi connectivity index (χ0) is 27.5. The van der Waals surface area contributed by atoms with Gasteiger partial charge in [0.25, 0.3) is 0 Å². The summed E-state index contributed by atoms with van der Waals surface area (Å²) in [6.07, 6.45) is -1.72. The molecule has 1 aliphatic rings. The van der Waals surface area contributed by atoms with Crippen LogP contribution in [0.3, 0.4) is 0 Å². The first kappa shape index (κ1) is 28.3. The fourth-order valence-corrected chi connectivity index (χ4v) is 7.57. The van der Waals surface area contributed by atoms with Gasteiger partial charge in [-0.1, -0.05) is 37.3 Å². The van der Waals surface area contributed by atoms with Crippen molar-refractivity contribution in [3.05, 3.63) is 42.2 Å². The van der Waals surface area contributed by atoms with Gasteiger partial charge in [-0.15, -0.1) is 0 Å². The molecule has 0 unspecified atom stereocenters. The molecule has 4 N–H and O–H groups in total. The van der Waals surface area contributed by atoms with Crippen LogP contribution in [-0.2, 0) is 36.8 Å². The number of nitrogens with two attached hydrogens (primary N) is 1. The molecular formula is C24H33FN7O4PS. The molecule has 206 valence electrons. The number of halogens is 1. The van der Waals surface area contributed by atoms with Gasteiger partial charge >= 0.3 is 5.97 Å². The van der Waals surface area contributed by atoms with Gasteiger partial charge in [0.05, 0.1) is 12.9 Å². The number of anilines is 2. The molecule has 3 aromatic rings. The maximum absolute atomic E-state index is 16.1. The van der Waals surface area contributed by atoms with Crippen molar-refractivity contribution < 1.29 is 23.2 Å². The number of aromatic nitrogens is 4. The second-order valence-corrected chi connectivity index (χ2v) is 13.2. The molecular weight excluding hydrogens is 532 g/mol. The number of ether oxygens (including phenoxy) is 2. The summed E-state index contributed by atoms with van der Waals surface area (Å²) in [6, 6.07) is 8.77. The Balaban J connectivity index is 1.53. The van der Waals surface area contributed by atoms with Gasteiger partial charge in [-0.25, -0.2) is 9.37 Å². The number of alkyl halides is 1. The summed E-state index contributed by atoms with van der Waals surface area (Å²) in [5.41, 5.74) is 7.71. The number of nitrogens with zero attached hydrogens (tertiary/aromatic N) is 4. The SMILES string of the molecule is CCOC(=O)[C@H](C)N[P@](=S)(Cc1ccccc1)OC[C@]1(F)C[C@H](C)[C@H](n2cnc3c(NC)nc(N)nc32)O1. The number of nitrogens with one attached hydrogen (secondary N) is 2. The first-order chi connectivity index (χ1) is 18.1. The number of rotatable bonds is 11. The number of nitrogen functional groups attached to an aromatic ring is 1. The minimum atomic E-state index is -2.93. The third kappa shape index (κ3) is 6.29. The van der Waals surface area contributed by atoms with Gasteiger partial charge < -0.3 is 25.0 Å². The van der Waals surface area contributed by atoms with Gasteiger partial charge in [-0.2, -0.15) is 9.97 Å². The van der Waals surface area contributed by atoms with Gasteiger partial charge in [0.2, 0.25) is 11.8 Å². The lowest BCUT2D eigenvalue weighted by atomic mass is 10.1.